The number of carboxylic acids is 1. The molecule has 72 valence electrons. The van der Waals surface area contributed by atoms with Crippen LogP contribution in [0.4, 0.5) is 0 Å². The standard InChI is InChI=1S/C11H10O3/c12-11(13)5-9-7-14-6-8-3-1-2-4-10(8)9/h1-5H,6-7H2,(H,12,13)/b9-5-. The molecule has 1 N–H and O–H groups in total. The van der Waals surface area contributed by atoms with Crippen molar-refractivity contribution in [1.82, 2.24) is 0 Å². The number of benzene rings is 1. The number of ether oxygens (including phenoxy) is 1. The van der Waals surface area contributed by atoms with Crippen molar-refractivity contribution < 1.29 is 14.6 Å². The Balaban J connectivity index is 2.45. The van der Waals surface area contributed by atoms with Crippen molar-refractivity contribution in [2.75, 3.05) is 6.61 Å². The van der Waals surface area contributed by atoms with E-state index < -0.39 is 5.97 Å². The summed E-state index contributed by atoms with van der Waals surface area (Å²) in [5, 5.41) is 8.66. The van der Waals surface area contributed by atoms with Gasteiger partial charge in [-0.05, 0) is 16.7 Å². The van der Waals surface area contributed by atoms with E-state index in [4.69, 9.17) is 9.84 Å². The predicted molar refractivity (Wildman–Crippen MR) is 51.7 cm³/mol. The largest absolute Gasteiger partial charge is 0.478 e. The molecule has 1 heterocycles. The Bertz CT molecular complexity index is 393. The normalized spacial score (nSPS) is 17.9. The van der Waals surface area contributed by atoms with Crippen molar-refractivity contribution in [3.63, 3.8) is 0 Å². The Labute approximate surface area is 81.6 Å². The van der Waals surface area contributed by atoms with Gasteiger partial charge >= 0.3 is 5.97 Å². The minimum atomic E-state index is -0.930. The molecule has 1 aromatic rings. The van der Waals surface area contributed by atoms with E-state index >= 15 is 0 Å². The van der Waals surface area contributed by atoms with Crippen LogP contribution in [0, 0.1) is 0 Å². The van der Waals surface area contributed by atoms with Gasteiger partial charge in [0.15, 0.2) is 0 Å². The molecular weight excluding hydrogens is 180 g/mol. The third-order valence-corrected chi connectivity index (χ3v) is 2.18. The molecule has 0 amide bonds. The summed E-state index contributed by atoms with van der Waals surface area (Å²) in [5.74, 6) is -0.930. The monoisotopic (exact) mass is 190 g/mol. The van der Waals surface area contributed by atoms with Crippen molar-refractivity contribution in [3.8, 4) is 0 Å². The molecule has 0 fully saturated rings. The van der Waals surface area contributed by atoms with Crippen LogP contribution in [0.1, 0.15) is 11.1 Å². The summed E-state index contributed by atoms with van der Waals surface area (Å²) in [4.78, 5) is 10.5. The van der Waals surface area contributed by atoms with Gasteiger partial charge in [-0.15, -0.1) is 0 Å². The SMILES string of the molecule is O=C(O)/C=C1/COCc2ccccc21. The first-order valence-corrected chi connectivity index (χ1v) is 4.37. The highest BCUT2D eigenvalue weighted by Crippen LogP contribution is 2.24. The second-order valence-corrected chi connectivity index (χ2v) is 3.16. The summed E-state index contributed by atoms with van der Waals surface area (Å²) in [6.45, 7) is 0.941. The summed E-state index contributed by atoms with van der Waals surface area (Å²) >= 11 is 0. The quantitative estimate of drug-likeness (QED) is 0.685. The van der Waals surface area contributed by atoms with Crippen LogP contribution in [0.3, 0.4) is 0 Å². The zero-order chi connectivity index (χ0) is 9.97. The van der Waals surface area contributed by atoms with Gasteiger partial charge in [0.25, 0.3) is 0 Å². The van der Waals surface area contributed by atoms with E-state index in [1.807, 2.05) is 24.3 Å². The molecule has 0 bridgehead atoms. The second kappa shape index (κ2) is 3.64. The van der Waals surface area contributed by atoms with Gasteiger partial charge < -0.3 is 9.84 Å². The maximum atomic E-state index is 10.5. The molecule has 0 saturated carbocycles. The molecule has 2 rings (SSSR count). The maximum absolute atomic E-state index is 10.5. The first-order valence-electron chi connectivity index (χ1n) is 4.37. The van der Waals surface area contributed by atoms with Gasteiger partial charge in [-0.3, -0.25) is 0 Å². The zero-order valence-electron chi connectivity index (χ0n) is 7.56. The first kappa shape index (κ1) is 8.97. The van der Waals surface area contributed by atoms with Gasteiger partial charge in [-0.2, -0.15) is 0 Å². The summed E-state index contributed by atoms with van der Waals surface area (Å²) in [6, 6.07) is 7.70. The fourth-order valence-corrected chi connectivity index (χ4v) is 1.58. The lowest BCUT2D eigenvalue weighted by atomic mass is 9.98. The number of hydrogen-bond donors (Lipinski definition) is 1. The summed E-state index contributed by atoms with van der Waals surface area (Å²) in [5.41, 5.74) is 2.77. The number of carbonyl (C=O) groups is 1. The number of rotatable bonds is 1. The van der Waals surface area contributed by atoms with E-state index in [0.29, 0.717) is 13.2 Å². The highest BCUT2D eigenvalue weighted by atomic mass is 16.5. The number of carboxylic acid groups (broad SMARTS) is 1. The van der Waals surface area contributed by atoms with Crippen LogP contribution in [0.5, 0.6) is 0 Å². The van der Waals surface area contributed by atoms with Crippen molar-refractivity contribution >= 4 is 11.5 Å². The van der Waals surface area contributed by atoms with Gasteiger partial charge in [0.2, 0.25) is 0 Å². The van der Waals surface area contributed by atoms with Gasteiger partial charge in [0, 0.05) is 6.08 Å². The fourth-order valence-electron chi connectivity index (χ4n) is 1.58. The molecule has 0 aliphatic carbocycles. The van der Waals surface area contributed by atoms with E-state index in [9.17, 15) is 4.79 Å². The van der Waals surface area contributed by atoms with Crippen LogP contribution < -0.4 is 0 Å². The van der Waals surface area contributed by atoms with Gasteiger partial charge in [-0.25, -0.2) is 4.79 Å². The van der Waals surface area contributed by atoms with Crippen LogP contribution in [0.2, 0.25) is 0 Å². The van der Waals surface area contributed by atoms with Gasteiger partial charge in [0.05, 0.1) is 13.2 Å². The van der Waals surface area contributed by atoms with Crippen LogP contribution in [0.25, 0.3) is 5.57 Å². The van der Waals surface area contributed by atoms with E-state index in [2.05, 4.69) is 0 Å². The summed E-state index contributed by atoms with van der Waals surface area (Å²) < 4.78 is 5.28. The average Bonchev–Trinajstić information content (AvgIpc) is 2.18. The van der Waals surface area contributed by atoms with Crippen LogP contribution in [-0.2, 0) is 16.1 Å². The highest BCUT2D eigenvalue weighted by Gasteiger charge is 2.14. The average molecular weight is 190 g/mol. The number of aliphatic carboxylic acids is 1. The molecule has 0 spiro atoms. The smallest absolute Gasteiger partial charge is 0.328 e. The van der Waals surface area contributed by atoms with Crippen LogP contribution in [-0.4, -0.2) is 17.7 Å². The molecule has 0 unspecified atom stereocenters. The second-order valence-electron chi connectivity index (χ2n) is 3.16. The molecule has 0 saturated heterocycles. The highest BCUT2D eigenvalue weighted by molar-refractivity contribution is 5.91. The molecule has 3 heteroatoms. The third-order valence-electron chi connectivity index (χ3n) is 2.18. The zero-order valence-corrected chi connectivity index (χ0v) is 7.56. The topological polar surface area (TPSA) is 46.5 Å². The third kappa shape index (κ3) is 1.67. The minimum absolute atomic E-state index is 0.378. The Morgan fingerprint density at radius 2 is 2.14 bits per heavy atom. The summed E-state index contributed by atoms with van der Waals surface area (Å²) in [6.07, 6.45) is 1.21. The van der Waals surface area contributed by atoms with E-state index in [-0.39, 0.29) is 0 Å². The molecule has 0 atom stereocenters. The fraction of sp³-hybridized carbons (Fsp3) is 0.182. The van der Waals surface area contributed by atoms with Gasteiger partial charge in [0.1, 0.15) is 0 Å². The number of fused-ring (bicyclic) bond motifs is 1. The van der Waals surface area contributed by atoms with Gasteiger partial charge in [-0.1, -0.05) is 24.3 Å². The predicted octanol–water partition coefficient (Wildman–Crippen LogP) is 1.68. The van der Waals surface area contributed by atoms with E-state index in [0.717, 1.165) is 16.7 Å². The Kier molecular flexibility index (Phi) is 2.33. The molecule has 14 heavy (non-hydrogen) atoms. The molecule has 3 nitrogen and oxygen atoms in total. The lowest BCUT2D eigenvalue weighted by molar-refractivity contribution is -0.131. The van der Waals surface area contributed by atoms with E-state index in [1.54, 1.807) is 0 Å². The van der Waals surface area contributed by atoms with Crippen LogP contribution in [0.15, 0.2) is 30.3 Å². The molecule has 0 aromatic heterocycles. The molecule has 1 aromatic carbocycles. The Hall–Kier alpha value is -1.61. The van der Waals surface area contributed by atoms with Crippen LogP contribution >= 0.6 is 0 Å². The maximum Gasteiger partial charge on any atom is 0.328 e. The summed E-state index contributed by atoms with van der Waals surface area (Å²) in [7, 11) is 0. The van der Waals surface area contributed by atoms with E-state index in [1.165, 1.54) is 6.08 Å². The van der Waals surface area contributed by atoms with Crippen molar-refractivity contribution in [2.45, 2.75) is 6.61 Å². The molecular formula is C11H10O3. The van der Waals surface area contributed by atoms with Crippen molar-refractivity contribution in [3.05, 3.63) is 41.5 Å². The van der Waals surface area contributed by atoms with Crippen molar-refractivity contribution in [2.24, 2.45) is 0 Å². The first-order chi connectivity index (χ1) is 6.77. The lowest BCUT2D eigenvalue weighted by Gasteiger charge is -2.18. The molecule has 1 aliphatic heterocycles. The minimum Gasteiger partial charge on any atom is -0.478 e. The molecule has 1 aliphatic rings. The Morgan fingerprint density at radius 3 is 2.93 bits per heavy atom. The lowest BCUT2D eigenvalue weighted by Crippen LogP contribution is -2.10. The Morgan fingerprint density at radius 1 is 1.36 bits per heavy atom. The number of hydrogen-bond acceptors (Lipinski definition) is 2. The molecule has 0 radical (unpaired) electrons. The van der Waals surface area contributed by atoms with Crippen molar-refractivity contribution in [1.29, 1.82) is 0 Å².